The maximum absolute atomic E-state index is 5.08. The number of fused-ring (bicyclic) bond motifs is 14. The zero-order chi connectivity index (χ0) is 26.7. The summed E-state index contributed by atoms with van der Waals surface area (Å²) in [4.78, 5) is 14.0. The lowest BCUT2D eigenvalue weighted by Crippen LogP contribution is -1.94. The molecule has 1 aliphatic rings. The second-order valence-corrected chi connectivity index (χ2v) is 11.0. The van der Waals surface area contributed by atoms with E-state index in [9.17, 15) is 0 Å². The number of pyridine rings is 3. The van der Waals surface area contributed by atoms with Crippen molar-refractivity contribution in [1.29, 1.82) is 0 Å². The van der Waals surface area contributed by atoms with Crippen LogP contribution in [0.3, 0.4) is 0 Å². The highest BCUT2D eigenvalue weighted by atomic mass is 15.0. The lowest BCUT2D eigenvalue weighted by atomic mass is 9.98. The highest BCUT2D eigenvalue weighted by molar-refractivity contribution is 6.16. The minimum Gasteiger partial charge on any atom is -0.309 e. The number of benzene rings is 4. The van der Waals surface area contributed by atoms with E-state index in [1.165, 1.54) is 60.5 Å². The Morgan fingerprint density at radius 1 is 0.537 bits per heavy atom. The molecule has 0 bridgehead atoms. The Morgan fingerprint density at radius 2 is 1.27 bits per heavy atom. The minimum absolute atomic E-state index is 0.906. The van der Waals surface area contributed by atoms with Crippen molar-refractivity contribution >= 4 is 60.2 Å². The van der Waals surface area contributed by atoms with E-state index in [1.807, 2.05) is 30.9 Å². The number of hydrogen-bond acceptors (Lipinski definition) is 3. The number of hydrogen-bond donors (Lipinski definition) is 0. The molecule has 10 rings (SSSR count). The first-order valence-electron chi connectivity index (χ1n) is 13.9. The van der Waals surface area contributed by atoms with Crippen LogP contribution in [0.15, 0.2) is 116 Å². The molecule has 0 fully saturated rings. The number of imidazole rings is 1. The maximum Gasteiger partial charge on any atom is 0.146 e. The molecule has 0 saturated carbocycles. The molecule has 4 aromatic carbocycles. The van der Waals surface area contributed by atoms with E-state index in [1.54, 1.807) is 0 Å². The van der Waals surface area contributed by atoms with Gasteiger partial charge in [-0.3, -0.25) is 14.4 Å². The van der Waals surface area contributed by atoms with Crippen LogP contribution in [0.1, 0.15) is 11.1 Å². The first-order chi connectivity index (χ1) is 20.3. The fraction of sp³-hybridized carbons (Fsp3) is 0.0278. The smallest absolute Gasteiger partial charge is 0.146 e. The van der Waals surface area contributed by atoms with Crippen LogP contribution in [-0.4, -0.2) is 23.9 Å². The van der Waals surface area contributed by atoms with Crippen LogP contribution < -0.4 is 0 Å². The van der Waals surface area contributed by atoms with Gasteiger partial charge >= 0.3 is 0 Å². The Labute approximate surface area is 234 Å². The van der Waals surface area contributed by atoms with Crippen molar-refractivity contribution in [3.05, 3.63) is 127 Å². The van der Waals surface area contributed by atoms with E-state index in [-0.39, 0.29) is 0 Å². The largest absolute Gasteiger partial charge is 0.309 e. The fourth-order valence-electron chi connectivity index (χ4n) is 7.11. The summed E-state index contributed by atoms with van der Waals surface area (Å²) in [5.41, 5.74) is 12.9. The predicted molar refractivity (Wildman–Crippen MR) is 166 cm³/mol. The van der Waals surface area contributed by atoms with Gasteiger partial charge in [0.15, 0.2) is 0 Å². The first-order valence-corrected chi connectivity index (χ1v) is 13.9. The van der Waals surface area contributed by atoms with Gasteiger partial charge in [-0.1, -0.05) is 36.4 Å². The topological polar surface area (TPSA) is 48.0 Å². The van der Waals surface area contributed by atoms with Gasteiger partial charge in [0.25, 0.3) is 0 Å². The van der Waals surface area contributed by atoms with E-state index in [0.717, 1.165) is 34.0 Å². The summed E-state index contributed by atoms with van der Waals surface area (Å²) in [6.07, 6.45) is 8.44. The Hall–Kier alpha value is -5.55. The fourth-order valence-corrected chi connectivity index (χ4v) is 7.11. The standard InChI is InChI=1S/C36H21N5/c1-2-6-23(7-3-1)40-32-9-5-4-8-24(32)29-15-21-14-22-16-30-28(17-26(22)27(21)18-33(29)40)25-10-12-37-19-34(25)41-35-20-38-13-11-31(35)39-36(30)41/h1-13,15-20H,14H2. The average molecular weight is 524 g/mol. The van der Waals surface area contributed by atoms with Crippen molar-refractivity contribution in [2.75, 3.05) is 0 Å². The van der Waals surface area contributed by atoms with Gasteiger partial charge in [-0.05, 0) is 88.7 Å². The van der Waals surface area contributed by atoms with Crippen LogP contribution in [0.25, 0.3) is 77.0 Å². The summed E-state index contributed by atoms with van der Waals surface area (Å²) >= 11 is 0. The number of nitrogens with zero attached hydrogens (tertiary/aromatic N) is 5. The van der Waals surface area contributed by atoms with Crippen molar-refractivity contribution in [2.24, 2.45) is 0 Å². The maximum atomic E-state index is 5.08. The van der Waals surface area contributed by atoms with Crippen molar-refractivity contribution in [3.8, 4) is 16.8 Å². The van der Waals surface area contributed by atoms with Gasteiger partial charge in [0, 0.05) is 39.6 Å². The number of aromatic nitrogens is 5. The molecule has 0 unspecified atom stereocenters. The molecule has 0 atom stereocenters. The summed E-state index contributed by atoms with van der Waals surface area (Å²) in [6, 6.07) is 33.1. The predicted octanol–water partition coefficient (Wildman–Crippen LogP) is 8.25. The molecule has 0 aliphatic heterocycles. The van der Waals surface area contributed by atoms with E-state index < -0.39 is 0 Å². The van der Waals surface area contributed by atoms with Gasteiger partial charge in [0.2, 0.25) is 0 Å². The number of para-hydroxylation sites is 2. The second kappa shape index (κ2) is 7.55. The lowest BCUT2D eigenvalue weighted by molar-refractivity contribution is 1.18. The zero-order valence-corrected chi connectivity index (χ0v) is 21.9. The Kier molecular flexibility index (Phi) is 3.92. The van der Waals surface area contributed by atoms with Crippen molar-refractivity contribution < 1.29 is 0 Å². The molecule has 5 heterocycles. The molecule has 5 nitrogen and oxygen atoms in total. The molecule has 0 spiro atoms. The average Bonchev–Trinajstić information content (AvgIpc) is 3.69. The molecule has 0 amide bonds. The van der Waals surface area contributed by atoms with Gasteiger partial charge in [0.05, 0.1) is 40.0 Å². The van der Waals surface area contributed by atoms with E-state index in [4.69, 9.17) is 4.98 Å². The van der Waals surface area contributed by atoms with Crippen LogP contribution in [0, 0.1) is 0 Å². The second-order valence-electron chi connectivity index (χ2n) is 11.0. The normalized spacial score (nSPS) is 12.8. The Balaban J connectivity index is 1.31. The Bertz CT molecular complexity index is 2550. The SMILES string of the molecule is c1ccc(-n2c3ccccc3c3cc4c(cc32)-c2cc3c5ccncc5n5c6cnccc6nc5c3cc2C4)cc1. The van der Waals surface area contributed by atoms with Crippen LogP contribution in [-0.2, 0) is 6.42 Å². The summed E-state index contributed by atoms with van der Waals surface area (Å²) in [5, 5.41) is 6.12. The van der Waals surface area contributed by atoms with E-state index in [0.29, 0.717) is 0 Å². The first kappa shape index (κ1) is 21.3. The quantitative estimate of drug-likeness (QED) is 0.204. The summed E-state index contributed by atoms with van der Waals surface area (Å²) < 4.78 is 4.61. The van der Waals surface area contributed by atoms with Gasteiger partial charge in [-0.15, -0.1) is 0 Å². The molecule has 0 radical (unpaired) electrons. The zero-order valence-electron chi connectivity index (χ0n) is 21.9. The molecule has 190 valence electrons. The molecule has 5 aromatic heterocycles. The van der Waals surface area contributed by atoms with Gasteiger partial charge in [-0.2, -0.15) is 0 Å². The molecule has 41 heavy (non-hydrogen) atoms. The summed E-state index contributed by atoms with van der Waals surface area (Å²) in [6.45, 7) is 0. The van der Waals surface area contributed by atoms with Crippen molar-refractivity contribution in [2.45, 2.75) is 6.42 Å². The highest BCUT2D eigenvalue weighted by Gasteiger charge is 2.24. The summed E-state index contributed by atoms with van der Waals surface area (Å²) in [5.74, 6) is 0. The molecule has 0 N–H and O–H groups in total. The third-order valence-corrected chi connectivity index (χ3v) is 8.86. The summed E-state index contributed by atoms with van der Waals surface area (Å²) in [7, 11) is 0. The van der Waals surface area contributed by atoms with Crippen LogP contribution in [0.2, 0.25) is 0 Å². The van der Waals surface area contributed by atoms with Crippen LogP contribution in [0.4, 0.5) is 0 Å². The van der Waals surface area contributed by atoms with Gasteiger partial charge < -0.3 is 4.57 Å². The van der Waals surface area contributed by atoms with Gasteiger partial charge in [0.1, 0.15) is 5.65 Å². The molecule has 9 aromatic rings. The van der Waals surface area contributed by atoms with Gasteiger partial charge in [-0.25, -0.2) is 4.98 Å². The highest BCUT2D eigenvalue weighted by Crippen LogP contribution is 2.45. The van der Waals surface area contributed by atoms with E-state index >= 15 is 0 Å². The molecular formula is C36H21N5. The molecule has 1 aliphatic carbocycles. The van der Waals surface area contributed by atoms with Crippen molar-refractivity contribution in [3.63, 3.8) is 0 Å². The third kappa shape index (κ3) is 2.72. The lowest BCUT2D eigenvalue weighted by Gasteiger charge is -2.11. The van der Waals surface area contributed by atoms with Crippen LogP contribution in [0.5, 0.6) is 0 Å². The monoisotopic (exact) mass is 523 g/mol. The Morgan fingerprint density at radius 3 is 2.17 bits per heavy atom. The van der Waals surface area contributed by atoms with Crippen LogP contribution >= 0.6 is 0 Å². The van der Waals surface area contributed by atoms with Crippen molar-refractivity contribution in [1.82, 2.24) is 23.9 Å². The molecule has 0 saturated heterocycles. The number of rotatable bonds is 1. The molecule has 5 heteroatoms. The molecular weight excluding hydrogens is 502 g/mol. The minimum atomic E-state index is 0.906. The third-order valence-electron chi connectivity index (χ3n) is 8.86. The van der Waals surface area contributed by atoms with E-state index in [2.05, 4.69) is 104 Å².